The van der Waals surface area contributed by atoms with Gasteiger partial charge in [0.05, 0.1) is 5.69 Å². The number of imidazole rings is 1. The Morgan fingerprint density at radius 2 is 2.29 bits per heavy atom. The molecule has 0 aliphatic rings. The normalized spacial score (nSPS) is 10.4. The summed E-state index contributed by atoms with van der Waals surface area (Å²) in [5.41, 5.74) is 7.41. The topological polar surface area (TPSA) is 67.6 Å². The molecule has 3 N–H and O–H groups in total. The van der Waals surface area contributed by atoms with E-state index in [-0.39, 0.29) is 0 Å². The maximum Gasteiger partial charge on any atom is 0.171 e. The van der Waals surface area contributed by atoms with Crippen molar-refractivity contribution in [2.75, 3.05) is 5.73 Å². The molecule has 0 aromatic carbocycles. The molecule has 0 aliphatic heterocycles. The molecule has 2 rings (SSSR count). The van der Waals surface area contributed by atoms with Crippen molar-refractivity contribution in [3.8, 4) is 0 Å². The van der Waals surface area contributed by atoms with Crippen molar-refractivity contribution in [3.63, 3.8) is 0 Å². The second-order valence-corrected chi connectivity index (χ2v) is 3.82. The van der Waals surface area contributed by atoms with Crippen molar-refractivity contribution < 1.29 is 0 Å². The first kappa shape index (κ1) is 9.08. The first-order valence-corrected chi connectivity index (χ1v) is 4.98. The number of nitrogens with two attached hydrogens (primary N) is 1. The number of nitrogen functional groups attached to an aromatic ring is 1. The maximum atomic E-state index is 5.78. The van der Waals surface area contributed by atoms with Crippen molar-refractivity contribution in [2.24, 2.45) is 0 Å². The number of rotatable bonds is 2. The number of aromatic amines is 1. The fourth-order valence-electron chi connectivity index (χ4n) is 1.02. The summed E-state index contributed by atoms with van der Waals surface area (Å²) in [4.78, 5) is 11.4. The standard InChI is InChI=1S/C9H10N4S/c1-6-2-3-7(10)8(13-6)14-9-11-4-5-12-9/h2-5H,10H2,1H3,(H,11,12). The van der Waals surface area contributed by atoms with Gasteiger partial charge in [0, 0.05) is 18.1 Å². The summed E-state index contributed by atoms with van der Waals surface area (Å²) in [7, 11) is 0. The lowest BCUT2D eigenvalue weighted by atomic mass is 10.3. The SMILES string of the molecule is Cc1ccc(N)c(Sc2ncc[nH]2)n1. The highest BCUT2D eigenvalue weighted by atomic mass is 32.2. The van der Waals surface area contributed by atoms with E-state index in [0.717, 1.165) is 15.9 Å². The van der Waals surface area contributed by atoms with Crippen LogP contribution in [0.5, 0.6) is 0 Å². The van der Waals surface area contributed by atoms with Gasteiger partial charge < -0.3 is 10.7 Å². The number of pyridine rings is 1. The summed E-state index contributed by atoms with van der Waals surface area (Å²) in [5.74, 6) is 0. The molecule has 2 aromatic heterocycles. The van der Waals surface area contributed by atoms with Crippen LogP contribution < -0.4 is 5.73 Å². The Labute approximate surface area is 86.0 Å². The van der Waals surface area contributed by atoms with E-state index in [0.29, 0.717) is 5.69 Å². The quantitative estimate of drug-likeness (QED) is 0.786. The molecule has 0 atom stereocenters. The molecular weight excluding hydrogens is 196 g/mol. The Balaban J connectivity index is 2.28. The minimum Gasteiger partial charge on any atom is -0.397 e. The zero-order valence-electron chi connectivity index (χ0n) is 7.69. The average molecular weight is 206 g/mol. The number of nitrogens with zero attached hydrogens (tertiary/aromatic N) is 2. The molecule has 0 bridgehead atoms. The number of nitrogens with one attached hydrogen (secondary N) is 1. The first-order chi connectivity index (χ1) is 6.75. The molecule has 14 heavy (non-hydrogen) atoms. The van der Waals surface area contributed by atoms with E-state index in [2.05, 4.69) is 15.0 Å². The van der Waals surface area contributed by atoms with Gasteiger partial charge in [-0.25, -0.2) is 9.97 Å². The minimum atomic E-state index is 0.678. The van der Waals surface area contributed by atoms with E-state index in [4.69, 9.17) is 5.73 Å². The van der Waals surface area contributed by atoms with E-state index in [1.54, 1.807) is 12.4 Å². The number of hydrogen-bond donors (Lipinski definition) is 2. The van der Waals surface area contributed by atoms with Gasteiger partial charge in [-0.2, -0.15) is 0 Å². The fraction of sp³-hybridized carbons (Fsp3) is 0.111. The lowest BCUT2D eigenvalue weighted by Gasteiger charge is -2.02. The van der Waals surface area contributed by atoms with Crippen LogP contribution in [0.2, 0.25) is 0 Å². The van der Waals surface area contributed by atoms with Gasteiger partial charge in [-0.1, -0.05) is 0 Å². The molecule has 0 fully saturated rings. The zero-order chi connectivity index (χ0) is 9.97. The van der Waals surface area contributed by atoms with Gasteiger partial charge >= 0.3 is 0 Å². The minimum absolute atomic E-state index is 0.678. The second-order valence-electron chi connectivity index (χ2n) is 2.84. The van der Waals surface area contributed by atoms with E-state index in [1.807, 2.05) is 19.1 Å². The van der Waals surface area contributed by atoms with Gasteiger partial charge in [0.15, 0.2) is 5.16 Å². The van der Waals surface area contributed by atoms with Crippen LogP contribution in [0.4, 0.5) is 5.69 Å². The van der Waals surface area contributed by atoms with E-state index >= 15 is 0 Å². The van der Waals surface area contributed by atoms with Crippen LogP contribution in [0.15, 0.2) is 34.7 Å². The molecule has 0 spiro atoms. The summed E-state index contributed by atoms with van der Waals surface area (Å²) in [6, 6.07) is 3.75. The number of aromatic nitrogens is 3. The van der Waals surface area contributed by atoms with Crippen LogP contribution in [-0.2, 0) is 0 Å². The van der Waals surface area contributed by atoms with Gasteiger partial charge in [-0.15, -0.1) is 0 Å². The lowest BCUT2D eigenvalue weighted by molar-refractivity contribution is 1.03. The highest BCUT2D eigenvalue weighted by molar-refractivity contribution is 7.99. The third-order valence-electron chi connectivity index (χ3n) is 1.70. The monoisotopic (exact) mass is 206 g/mol. The Kier molecular flexibility index (Phi) is 2.41. The third kappa shape index (κ3) is 1.88. The average Bonchev–Trinajstić information content (AvgIpc) is 2.64. The molecule has 0 aliphatic carbocycles. The smallest absolute Gasteiger partial charge is 0.171 e. The molecule has 5 heteroatoms. The number of aryl methyl sites for hydroxylation is 1. The molecular formula is C9H10N4S. The third-order valence-corrected chi connectivity index (χ3v) is 2.63. The molecule has 0 unspecified atom stereocenters. The summed E-state index contributed by atoms with van der Waals surface area (Å²) in [6.45, 7) is 1.94. The molecule has 2 aromatic rings. The molecule has 4 nitrogen and oxygen atoms in total. The van der Waals surface area contributed by atoms with Crippen LogP contribution in [0.1, 0.15) is 5.69 Å². The molecule has 72 valence electrons. The van der Waals surface area contributed by atoms with E-state index in [1.165, 1.54) is 11.8 Å². The Bertz CT molecular complexity index is 424. The van der Waals surface area contributed by atoms with Crippen LogP contribution in [0.25, 0.3) is 0 Å². The molecule has 0 saturated carbocycles. The van der Waals surface area contributed by atoms with Gasteiger partial charge in [0.25, 0.3) is 0 Å². The van der Waals surface area contributed by atoms with Crippen molar-refractivity contribution in [3.05, 3.63) is 30.2 Å². The maximum absolute atomic E-state index is 5.78. The van der Waals surface area contributed by atoms with Crippen molar-refractivity contribution in [1.82, 2.24) is 15.0 Å². The van der Waals surface area contributed by atoms with Crippen LogP contribution in [0.3, 0.4) is 0 Å². The number of H-pyrrole nitrogens is 1. The summed E-state index contributed by atoms with van der Waals surface area (Å²) >= 11 is 1.43. The Morgan fingerprint density at radius 1 is 1.43 bits per heavy atom. The first-order valence-electron chi connectivity index (χ1n) is 4.16. The lowest BCUT2D eigenvalue weighted by Crippen LogP contribution is -1.93. The van der Waals surface area contributed by atoms with Gasteiger partial charge in [-0.3, -0.25) is 0 Å². The highest BCUT2D eigenvalue weighted by Crippen LogP contribution is 2.27. The molecule has 0 amide bonds. The van der Waals surface area contributed by atoms with Gasteiger partial charge in [-0.05, 0) is 30.8 Å². The summed E-state index contributed by atoms with van der Waals surface area (Å²) in [6.07, 6.45) is 3.47. The zero-order valence-corrected chi connectivity index (χ0v) is 8.51. The van der Waals surface area contributed by atoms with E-state index in [9.17, 15) is 0 Å². The van der Waals surface area contributed by atoms with Crippen LogP contribution in [0, 0.1) is 6.92 Å². The van der Waals surface area contributed by atoms with Gasteiger partial charge in [0.1, 0.15) is 5.03 Å². The van der Waals surface area contributed by atoms with Crippen molar-refractivity contribution >= 4 is 17.4 Å². The van der Waals surface area contributed by atoms with Crippen molar-refractivity contribution in [1.29, 1.82) is 0 Å². The largest absolute Gasteiger partial charge is 0.397 e. The number of hydrogen-bond acceptors (Lipinski definition) is 4. The summed E-state index contributed by atoms with van der Waals surface area (Å²) in [5, 5.41) is 1.59. The Morgan fingerprint density at radius 3 is 3.00 bits per heavy atom. The predicted molar refractivity (Wildman–Crippen MR) is 56.1 cm³/mol. The number of anilines is 1. The molecule has 0 radical (unpaired) electrons. The van der Waals surface area contributed by atoms with E-state index < -0.39 is 0 Å². The van der Waals surface area contributed by atoms with Crippen LogP contribution in [-0.4, -0.2) is 15.0 Å². The van der Waals surface area contributed by atoms with Crippen molar-refractivity contribution in [2.45, 2.75) is 17.1 Å². The Hall–Kier alpha value is -1.49. The fourth-order valence-corrected chi connectivity index (χ4v) is 1.82. The highest BCUT2D eigenvalue weighted by Gasteiger charge is 2.04. The second kappa shape index (κ2) is 3.71. The van der Waals surface area contributed by atoms with Crippen LogP contribution >= 0.6 is 11.8 Å². The summed E-state index contributed by atoms with van der Waals surface area (Å²) < 4.78 is 0. The molecule has 2 heterocycles. The predicted octanol–water partition coefficient (Wildman–Crippen LogP) is 1.85. The molecule has 0 saturated heterocycles. The van der Waals surface area contributed by atoms with Gasteiger partial charge in [0.2, 0.25) is 0 Å².